The van der Waals surface area contributed by atoms with Crippen molar-refractivity contribution in [2.75, 3.05) is 0 Å². The Labute approximate surface area is 87.5 Å². The molecule has 0 radical (unpaired) electrons. The van der Waals surface area contributed by atoms with Gasteiger partial charge >= 0.3 is 0 Å². The Kier molecular flexibility index (Phi) is 1.15. The van der Waals surface area contributed by atoms with E-state index in [2.05, 4.69) is 12.2 Å². The Morgan fingerprint density at radius 3 is 2.67 bits per heavy atom. The molecule has 3 aliphatic carbocycles. The van der Waals surface area contributed by atoms with Gasteiger partial charge in [0.1, 0.15) is 0 Å². The molecule has 2 saturated carbocycles. The van der Waals surface area contributed by atoms with Crippen LogP contribution in [0.3, 0.4) is 0 Å². The summed E-state index contributed by atoms with van der Waals surface area (Å²) in [5.74, 6) is 0.834. The van der Waals surface area contributed by atoms with Crippen LogP contribution >= 0.6 is 0 Å². The van der Waals surface area contributed by atoms with Gasteiger partial charge in [-0.1, -0.05) is 12.2 Å². The average Bonchev–Trinajstić information content (AvgIpc) is 2.64. The molecule has 0 amide bonds. The van der Waals surface area contributed by atoms with Crippen molar-refractivity contribution in [3.63, 3.8) is 0 Å². The second-order valence-electron chi connectivity index (χ2n) is 5.37. The maximum Gasteiger partial charge on any atom is 0.171 e. The van der Waals surface area contributed by atoms with Crippen LogP contribution in [-0.2, 0) is 14.3 Å². The van der Waals surface area contributed by atoms with Crippen molar-refractivity contribution in [3.8, 4) is 0 Å². The van der Waals surface area contributed by atoms with E-state index in [0.717, 1.165) is 6.42 Å². The molecule has 2 bridgehead atoms. The highest BCUT2D eigenvalue weighted by molar-refractivity contribution is 6.09. The molecule has 0 N–H and O–H groups in total. The summed E-state index contributed by atoms with van der Waals surface area (Å²) < 4.78 is 5.32. The molecule has 3 fully saturated rings. The lowest BCUT2D eigenvalue weighted by molar-refractivity contribution is -0.138. The maximum atomic E-state index is 12.2. The van der Waals surface area contributed by atoms with Gasteiger partial charge in [-0.2, -0.15) is 0 Å². The minimum atomic E-state index is -0.753. The molecule has 0 spiro atoms. The Morgan fingerprint density at radius 1 is 1.27 bits per heavy atom. The molecule has 15 heavy (non-hydrogen) atoms. The first-order chi connectivity index (χ1) is 7.13. The van der Waals surface area contributed by atoms with E-state index >= 15 is 0 Å². The first-order valence-corrected chi connectivity index (χ1v) is 5.57. The van der Waals surface area contributed by atoms with Gasteiger partial charge in [0.2, 0.25) is 0 Å². The van der Waals surface area contributed by atoms with Crippen molar-refractivity contribution in [1.82, 2.24) is 0 Å². The number of fused-ring (bicyclic) bond motifs is 6. The van der Waals surface area contributed by atoms with Crippen LogP contribution in [0.4, 0.5) is 0 Å². The van der Waals surface area contributed by atoms with Crippen LogP contribution in [0.5, 0.6) is 0 Å². The summed E-state index contributed by atoms with van der Waals surface area (Å²) in [7, 11) is 0. The summed E-state index contributed by atoms with van der Waals surface area (Å²) in [6.07, 6.45) is 4.81. The van der Waals surface area contributed by atoms with Crippen molar-refractivity contribution in [1.29, 1.82) is 0 Å². The molecule has 4 aliphatic rings. The molecule has 3 heteroatoms. The topological polar surface area (TPSA) is 46.7 Å². The number of epoxide rings is 1. The highest BCUT2D eigenvalue weighted by atomic mass is 16.6. The van der Waals surface area contributed by atoms with Crippen molar-refractivity contribution in [2.45, 2.75) is 25.0 Å². The van der Waals surface area contributed by atoms with Gasteiger partial charge in [0.15, 0.2) is 23.3 Å². The summed E-state index contributed by atoms with van der Waals surface area (Å²) in [5.41, 5.74) is -0.753. The average molecular weight is 204 g/mol. The zero-order valence-electron chi connectivity index (χ0n) is 8.47. The van der Waals surface area contributed by atoms with E-state index in [1.165, 1.54) is 0 Å². The van der Waals surface area contributed by atoms with E-state index in [0.29, 0.717) is 11.8 Å². The SMILES string of the molecule is C[C@]12O[C@@H]1C(=O)[C@H]1[C@@H](C2=O)[C@H]2C=C[C@H]1C2. The molecule has 1 heterocycles. The van der Waals surface area contributed by atoms with E-state index in [9.17, 15) is 9.59 Å². The maximum absolute atomic E-state index is 12.2. The van der Waals surface area contributed by atoms with Gasteiger partial charge in [0, 0.05) is 11.8 Å². The summed E-state index contributed by atoms with van der Waals surface area (Å²) in [6.45, 7) is 1.77. The predicted molar refractivity (Wildman–Crippen MR) is 51.0 cm³/mol. The lowest BCUT2D eigenvalue weighted by Crippen LogP contribution is -2.47. The third-order valence-electron chi connectivity index (χ3n) is 4.64. The fourth-order valence-electron chi connectivity index (χ4n) is 3.80. The predicted octanol–water partition coefficient (Wildman–Crippen LogP) is 0.734. The number of rotatable bonds is 0. The summed E-state index contributed by atoms with van der Waals surface area (Å²) >= 11 is 0. The molecule has 1 aliphatic heterocycles. The minimum absolute atomic E-state index is 0.0620. The van der Waals surface area contributed by atoms with Crippen molar-refractivity contribution in [3.05, 3.63) is 12.2 Å². The minimum Gasteiger partial charge on any atom is -0.350 e. The Balaban J connectivity index is 1.85. The highest BCUT2D eigenvalue weighted by Crippen LogP contribution is 2.58. The number of allylic oxidation sites excluding steroid dienone is 2. The molecule has 0 aromatic heterocycles. The fourth-order valence-corrected chi connectivity index (χ4v) is 3.80. The van der Waals surface area contributed by atoms with Crippen molar-refractivity contribution in [2.24, 2.45) is 23.7 Å². The number of Topliss-reactive ketones (excluding diaryl/α,β-unsaturated/α-hetero) is 2. The lowest BCUT2D eigenvalue weighted by atomic mass is 9.68. The molecule has 78 valence electrons. The number of hydrogen-bond donors (Lipinski definition) is 0. The second-order valence-corrected chi connectivity index (χ2v) is 5.37. The largest absolute Gasteiger partial charge is 0.350 e. The molecule has 0 aromatic carbocycles. The molecule has 4 rings (SSSR count). The summed E-state index contributed by atoms with van der Waals surface area (Å²) in [5, 5.41) is 0. The Bertz CT molecular complexity index is 425. The normalized spacial score (nSPS) is 59.4. The van der Waals surface area contributed by atoms with E-state index in [1.807, 2.05) is 0 Å². The van der Waals surface area contributed by atoms with Crippen LogP contribution in [0, 0.1) is 23.7 Å². The molecule has 3 nitrogen and oxygen atoms in total. The van der Waals surface area contributed by atoms with Crippen LogP contribution in [-0.4, -0.2) is 23.3 Å². The van der Waals surface area contributed by atoms with Crippen LogP contribution in [0.2, 0.25) is 0 Å². The molecule has 0 aromatic rings. The smallest absolute Gasteiger partial charge is 0.171 e. The van der Waals surface area contributed by atoms with E-state index in [4.69, 9.17) is 4.74 Å². The molecule has 0 unspecified atom stereocenters. The van der Waals surface area contributed by atoms with Crippen molar-refractivity contribution < 1.29 is 14.3 Å². The van der Waals surface area contributed by atoms with E-state index in [1.54, 1.807) is 6.92 Å². The quantitative estimate of drug-likeness (QED) is 0.432. The fraction of sp³-hybridized carbons (Fsp3) is 0.667. The van der Waals surface area contributed by atoms with Gasteiger partial charge in [-0.05, 0) is 25.2 Å². The van der Waals surface area contributed by atoms with E-state index in [-0.39, 0.29) is 23.4 Å². The number of ether oxygens (including phenoxy) is 1. The van der Waals surface area contributed by atoms with Gasteiger partial charge < -0.3 is 4.74 Å². The van der Waals surface area contributed by atoms with Gasteiger partial charge in [-0.15, -0.1) is 0 Å². The zero-order valence-corrected chi connectivity index (χ0v) is 8.47. The van der Waals surface area contributed by atoms with E-state index < -0.39 is 11.7 Å². The van der Waals surface area contributed by atoms with Crippen LogP contribution in [0.15, 0.2) is 12.2 Å². The second kappa shape index (κ2) is 2.09. The third kappa shape index (κ3) is 0.718. The van der Waals surface area contributed by atoms with Crippen LogP contribution in [0.1, 0.15) is 13.3 Å². The standard InChI is InChI=1S/C12H12O3/c1-12-10(14)8-6-3-2-5(4-6)7(8)9(13)11(12)15-12/h2-3,5-8,11H,4H2,1H3/t5-,6-,7+,8-,11+,12+/m0/s1. The number of ketones is 2. The van der Waals surface area contributed by atoms with Gasteiger partial charge in [-0.3, -0.25) is 9.59 Å². The Morgan fingerprint density at radius 2 is 1.93 bits per heavy atom. The molecule has 1 saturated heterocycles. The van der Waals surface area contributed by atoms with Crippen LogP contribution < -0.4 is 0 Å². The Hall–Kier alpha value is -0.960. The summed E-state index contributed by atoms with van der Waals surface area (Å²) in [4.78, 5) is 24.3. The number of hydrogen-bond acceptors (Lipinski definition) is 3. The first kappa shape index (κ1) is 8.22. The first-order valence-electron chi connectivity index (χ1n) is 5.57. The molecular weight excluding hydrogens is 192 g/mol. The third-order valence-corrected chi connectivity index (χ3v) is 4.64. The molecular formula is C12H12O3. The van der Waals surface area contributed by atoms with Gasteiger partial charge in [0.25, 0.3) is 0 Å². The van der Waals surface area contributed by atoms with Gasteiger partial charge in [-0.25, -0.2) is 0 Å². The van der Waals surface area contributed by atoms with Crippen LogP contribution in [0.25, 0.3) is 0 Å². The number of carbonyl (C=O) groups excluding carboxylic acids is 2. The monoisotopic (exact) mass is 204 g/mol. The highest BCUT2D eigenvalue weighted by Gasteiger charge is 2.72. The molecule has 6 atom stereocenters. The van der Waals surface area contributed by atoms with Gasteiger partial charge in [0.05, 0.1) is 0 Å². The van der Waals surface area contributed by atoms with Crippen molar-refractivity contribution >= 4 is 11.6 Å². The number of carbonyl (C=O) groups is 2. The zero-order chi connectivity index (χ0) is 10.4. The summed E-state index contributed by atoms with van der Waals surface area (Å²) in [6, 6.07) is 0. The lowest BCUT2D eigenvalue weighted by Gasteiger charge is -2.30.